The van der Waals surface area contributed by atoms with E-state index in [9.17, 15) is 14.4 Å². The summed E-state index contributed by atoms with van der Waals surface area (Å²) in [5.74, 6) is -1.02. The maximum atomic E-state index is 12.7. The first-order valence-electron chi connectivity index (χ1n) is 9.43. The molecule has 1 aromatic heterocycles. The van der Waals surface area contributed by atoms with Gasteiger partial charge in [-0.3, -0.25) is 19.3 Å². The average molecular weight is 401 g/mol. The summed E-state index contributed by atoms with van der Waals surface area (Å²) in [5, 5.41) is 0.568. The lowest BCUT2D eigenvalue weighted by atomic mass is 10.1. The number of fused-ring (bicyclic) bond motifs is 1. The molecule has 0 bridgehead atoms. The molecule has 0 atom stereocenters. The number of para-hydroxylation sites is 1. The molecule has 0 N–H and O–H groups in total. The van der Waals surface area contributed by atoms with Crippen molar-refractivity contribution in [1.82, 2.24) is 9.47 Å². The molecule has 1 fully saturated rings. The number of unbranched alkanes of at least 4 members (excludes halogenated alkanes) is 1. The number of rotatable bonds is 7. The van der Waals surface area contributed by atoms with Crippen molar-refractivity contribution in [3.63, 3.8) is 0 Å². The zero-order valence-corrected chi connectivity index (χ0v) is 17.1. The quantitative estimate of drug-likeness (QED) is 0.386. The monoisotopic (exact) mass is 400 g/mol. The minimum atomic E-state index is -0.562. The minimum absolute atomic E-state index is 0.264. The fraction of sp³-hybridized carbons (Fsp3) is 0.381. The molecule has 0 spiro atoms. The van der Waals surface area contributed by atoms with Crippen LogP contribution in [0.15, 0.2) is 35.4 Å². The molecule has 0 aliphatic carbocycles. The van der Waals surface area contributed by atoms with Crippen LogP contribution in [0.1, 0.15) is 45.2 Å². The molecule has 1 aliphatic rings. The predicted octanol–water partition coefficient (Wildman–Crippen LogP) is 4.60. The molecule has 7 heteroatoms. The van der Waals surface area contributed by atoms with E-state index in [0.29, 0.717) is 11.5 Å². The lowest BCUT2D eigenvalue weighted by molar-refractivity contribution is -0.146. The molecule has 148 valence electrons. The van der Waals surface area contributed by atoms with E-state index in [0.717, 1.165) is 46.0 Å². The van der Waals surface area contributed by atoms with Crippen molar-refractivity contribution in [2.75, 3.05) is 13.2 Å². The Bertz CT molecular complexity index is 945. The highest BCUT2D eigenvalue weighted by Gasteiger charge is 2.36. The zero-order chi connectivity index (χ0) is 20.3. The van der Waals surface area contributed by atoms with Gasteiger partial charge < -0.3 is 9.30 Å². The van der Waals surface area contributed by atoms with E-state index < -0.39 is 17.1 Å². The summed E-state index contributed by atoms with van der Waals surface area (Å²) < 4.78 is 7.20. The van der Waals surface area contributed by atoms with E-state index in [-0.39, 0.29) is 12.6 Å². The molecule has 3 rings (SSSR count). The Balaban J connectivity index is 1.82. The first-order chi connectivity index (χ1) is 13.4. The SMILES string of the molecule is CCCCOC(=O)CN1C(=O)S/C(=C/c2cn(C(C)C)c3ccccc23)C1=O. The molecule has 2 aromatic rings. The van der Waals surface area contributed by atoms with E-state index in [1.807, 2.05) is 37.4 Å². The van der Waals surface area contributed by atoms with E-state index in [2.05, 4.69) is 18.4 Å². The zero-order valence-electron chi connectivity index (χ0n) is 16.3. The summed E-state index contributed by atoms with van der Waals surface area (Å²) in [4.78, 5) is 38.1. The van der Waals surface area contributed by atoms with Gasteiger partial charge in [-0.05, 0) is 44.2 Å². The molecule has 1 aliphatic heterocycles. The molecule has 0 unspecified atom stereocenters. The number of amides is 2. The third-order valence-electron chi connectivity index (χ3n) is 4.54. The Morgan fingerprint density at radius 3 is 2.71 bits per heavy atom. The third kappa shape index (κ3) is 4.14. The molecule has 2 heterocycles. The van der Waals surface area contributed by atoms with Crippen LogP contribution in [-0.4, -0.2) is 39.7 Å². The highest BCUT2D eigenvalue weighted by Crippen LogP contribution is 2.34. The lowest BCUT2D eigenvalue weighted by Crippen LogP contribution is -2.34. The van der Waals surface area contributed by atoms with E-state index in [1.54, 1.807) is 6.08 Å². The van der Waals surface area contributed by atoms with E-state index in [4.69, 9.17) is 4.74 Å². The van der Waals surface area contributed by atoms with Gasteiger partial charge in [-0.1, -0.05) is 31.5 Å². The van der Waals surface area contributed by atoms with Crippen LogP contribution < -0.4 is 0 Å². The lowest BCUT2D eigenvalue weighted by Gasteiger charge is -2.11. The molecular formula is C21H24N2O4S. The topological polar surface area (TPSA) is 68.6 Å². The van der Waals surface area contributed by atoms with Gasteiger partial charge in [0.05, 0.1) is 11.5 Å². The smallest absolute Gasteiger partial charge is 0.326 e. The maximum Gasteiger partial charge on any atom is 0.326 e. The van der Waals surface area contributed by atoms with Crippen LogP contribution in [0, 0.1) is 0 Å². The number of hydrogen-bond acceptors (Lipinski definition) is 5. The van der Waals surface area contributed by atoms with Gasteiger partial charge in [0.2, 0.25) is 0 Å². The Hall–Kier alpha value is -2.54. The summed E-state index contributed by atoms with van der Waals surface area (Å²) in [7, 11) is 0. The van der Waals surface area contributed by atoms with Crippen molar-refractivity contribution in [3.05, 3.63) is 40.9 Å². The van der Waals surface area contributed by atoms with Crippen LogP contribution in [0.5, 0.6) is 0 Å². The first kappa shape index (κ1) is 20.2. The standard InChI is InChI=1S/C21H24N2O4S/c1-4-5-10-27-19(24)13-23-20(25)18(28-21(23)26)11-15-12-22(14(2)3)17-9-7-6-8-16(15)17/h6-9,11-12,14H,4-5,10,13H2,1-3H3/b18-11+. The largest absolute Gasteiger partial charge is 0.464 e. The summed E-state index contributed by atoms with van der Waals surface area (Å²) in [6.45, 7) is 6.13. The number of aromatic nitrogens is 1. The Morgan fingerprint density at radius 1 is 1.25 bits per heavy atom. The summed E-state index contributed by atoms with van der Waals surface area (Å²) in [6, 6.07) is 8.21. The second kappa shape index (κ2) is 8.65. The van der Waals surface area contributed by atoms with Crippen LogP contribution in [0.3, 0.4) is 0 Å². The van der Waals surface area contributed by atoms with Crippen LogP contribution in [-0.2, 0) is 14.3 Å². The molecule has 2 amide bonds. The first-order valence-corrected chi connectivity index (χ1v) is 10.2. The average Bonchev–Trinajstić information content (AvgIpc) is 3.15. The fourth-order valence-electron chi connectivity index (χ4n) is 3.06. The molecule has 6 nitrogen and oxygen atoms in total. The molecule has 0 radical (unpaired) electrons. The Kier molecular flexibility index (Phi) is 6.24. The number of benzene rings is 1. The van der Waals surface area contributed by atoms with Crippen LogP contribution in [0.25, 0.3) is 17.0 Å². The molecule has 1 aromatic carbocycles. The highest BCUT2D eigenvalue weighted by molar-refractivity contribution is 8.18. The van der Waals surface area contributed by atoms with Crippen molar-refractivity contribution >= 4 is 45.9 Å². The highest BCUT2D eigenvalue weighted by atomic mass is 32.2. The molecule has 28 heavy (non-hydrogen) atoms. The van der Waals surface area contributed by atoms with Crippen LogP contribution in [0.4, 0.5) is 4.79 Å². The van der Waals surface area contributed by atoms with Gasteiger partial charge in [0.15, 0.2) is 0 Å². The van der Waals surface area contributed by atoms with Gasteiger partial charge in [0.25, 0.3) is 11.1 Å². The number of ether oxygens (including phenoxy) is 1. The van der Waals surface area contributed by atoms with Crippen molar-refractivity contribution in [2.24, 2.45) is 0 Å². The van der Waals surface area contributed by atoms with Crippen LogP contribution >= 0.6 is 11.8 Å². The number of carbonyl (C=O) groups is 3. The molecule has 0 saturated carbocycles. The number of thioether (sulfide) groups is 1. The van der Waals surface area contributed by atoms with Gasteiger partial charge in [0, 0.05) is 28.7 Å². The number of esters is 1. The van der Waals surface area contributed by atoms with Crippen molar-refractivity contribution in [3.8, 4) is 0 Å². The van der Waals surface area contributed by atoms with Gasteiger partial charge >= 0.3 is 5.97 Å². The van der Waals surface area contributed by atoms with Crippen LogP contribution in [0.2, 0.25) is 0 Å². The van der Waals surface area contributed by atoms with E-state index >= 15 is 0 Å². The second-order valence-corrected chi connectivity index (χ2v) is 7.94. The molecular weight excluding hydrogens is 376 g/mol. The number of carbonyl (C=O) groups excluding carboxylic acids is 3. The maximum absolute atomic E-state index is 12.7. The Labute approximate surface area is 168 Å². The summed E-state index contributed by atoms with van der Waals surface area (Å²) in [5.41, 5.74) is 1.95. The number of imide groups is 1. The van der Waals surface area contributed by atoms with Gasteiger partial charge in [0.1, 0.15) is 6.54 Å². The van der Waals surface area contributed by atoms with Crippen molar-refractivity contribution in [1.29, 1.82) is 0 Å². The third-order valence-corrected chi connectivity index (χ3v) is 5.44. The molecule has 1 saturated heterocycles. The number of hydrogen-bond donors (Lipinski definition) is 0. The van der Waals surface area contributed by atoms with Crippen molar-refractivity contribution in [2.45, 2.75) is 39.7 Å². The van der Waals surface area contributed by atoms with Gasteiger partial charge in [-0.25, -0.2) is 0 Å². The second-order valence-electron chi connectivity index (χ2n) is 6.94. The predicted molar refractivity (Wildman–Crippen MR) is 111 cm³/mol. The van der Waals surface area contributed by atoms with Gasteiger partial charge in [-0.15, -0.1) is 0 Å². The van der Waals surface area contributed by atoms with Crippen molar-refractivity contribution < 1.29 is 19.1 Å². The normalized spacial score (nSPS) is 16.0. The van der Waals surface area contributed by atoms with Gasteiger partial charge in [-0.2, -0.15) is 0 Å². The summed E-state index contributed by atoms with van der Waals surface area (Å²) >= 11 is 0.855. The number of nitrogens with zero attached hydrogens (tertiary/aromatic N) is 2. The Morgan fingerprint density at radius 2 is 2.00 bits per heavy atom. The van der Waals surface area contributed by atoms with E-state index in [1.165, 1.54) is 0 Å². The fourth-order valence-corrected chi connectivity index (χ4v) is 3.89. The minimum Gasteiger partial charge on any atom is -0.464 e. The summed E-state index contributed by atoms with van der Waals surface area (Å²) in [6.07, 6.45) is 5.38.